The van der Waals surface area contributed by atoms with Crippen molar-refractivity contribution in [2.24, 2.45) is 5.73 Å². The van der Waals surface area contributed by atoms with Gasteiger partial charge >= 0.3 is 0 Å². The average molecular weight is 236 g/mol. The van der Waals surface area contributed by atoms with Crippen molar-refractivity contribution in [1.29, 1.82) is 0 Å². The zero-order valence-corrected chi connectivity index (χ0v) is 9.44. The van der Waals surface area contributed by atoms with Crippen LogP contribution in [0.25, 0.3) is 0 Å². The molecular weight excluding hydrogens is 224 g/mol. The highest BCUT2D eigenvalue weighted by Gasteiger charge is 2.33. The molecule has 4 nitrogen and oxygen atoms in total. The monoisotopic (exact) mass is 236 g/mol. The van der Waals surface area contributed by atoms with Crippen molar-refractivity contribution in [3.63, 3.8) is 0 Å². The first-order valence-electron chi connectivity index (χ1n) is 4.93. The Hall–Kier alpha value is -1.49. The number of carbonyl (C=O) groups is 2. The van der Waals surface area contributed by atoms with Crippen molar-refractivity contribution in [3.05, 3.63) is 35.9 Å². The smallest absolute Gasteiger partial charge is 0.237 e. The van der Waals surface area contributed by atoms with Gasteiger partial charge in [-0.1, -0.05) is 30.3 Å². The summed E-state index contributed by atoms with van der Waals surface area (Å²) in [5, 5.41) is -0.0822. The van der Waals surface area contributed by atoms with Crippen LogP contribution in [0, 0.1) is 0 Å². The van der Waals surface area contributed by atoms with Crippen molar-refractivity contribution in [2.45, 2.75) is 5.37 Å². The van der Waals surface area contributed by atoms with Gasteiger partial charge in [-0.15, -0.1) is 11.8 Å². The molecule has 0 saturated carbocycles. The Labute approximate surface area is 97.8 Å². The highest BCUT2D eigenvalue weighted by atomic mass is 32.2. The van der Waals surface area contributed by atoms with Gasteiger partial charge in [-0.3, -0.25) is 9.59 Å². The summed E-state index contributed by atoms with van der Waals surface area (Å²) in [7, 11) is 0. The lowest BCUT2D eigenvalue weighted by Crippen LogP contribution is -2.36. The van der Waals surface area contributed by atoms with E-state index in [0.29, 0.717) is 5.75 Å². The standard InChI is InChI=1S/C11H12N2O2S/c12-9(14)6-13-10(15)7-16-11(13)8-4-2-1-3-5-8/h1-5,11H,6-7H2,(H2,12,14). The van der Waals surface area contributed by atoms with E-state index in [1.165, 1.54) is 16.7 Å². The summed E-state index contributed by atoms with van der Waals surface area (Å²) in [5.41, 5.74) is 6.16. The molecule has 1 aliphatic rings. The number of nitrogens with zero attached hydrogens (tertiary/aromatic N) is 1. The van der Waals surface area contributed by atoms with Gasteiger partial charge in [-0.05, 0) is 5.56 Å². The normalized spacial score (nSPS) is 20.1. The molecule has 1 fully saturated rings. The van der Waals surface area contributed by atoms with Crippen molar-refractivity contribution in [1.82, 2.24) is 4.90 Å². The van der Waals surface area contributed by atoms with E-state index in [-0.39, 0.29) is 17.8 Å². The quantitative estimate of drug-likeness (QED) is 0.842. The van der Waals surface area contributed by atoms with Gasteiger partial charge in [0.2, 0.25) is 11.8 Å². The summed E-state index contributed by atoms with van der Waals surface area (Å²) in [6, 6.07) is 9.65. The zero-order chi connectivity index (χ0) is 11.5. The average Bonchev–Trinajstić information content (AvgIpc) is 2.61. The van der Waals surface area contributed by atoms with Gasteiger partial charge in [0, 0.05) is 0 Å². The number of amides is 2. The molecule has 0 bridgehead atoms. The molecular formula is C11H12N2O2S. The fourth-order valence-electron chi connectivity index (χ4n) is 1.69. The molecule has 2 amide bonds. The van der Waals surface area contributed by atoms with E-state index in [1.54, 1.807) is 0 Å². The molecule has 0 aliphatic carbocycles. The van der Waals surface area contributed by atoms with Crippen LogP contribution in [0.15, 0.2) is 30.3 Å². The lowest BCUT2D eigenvalue weighted by Gasteiger charge is -2.22. The van der Waals surface area contributed by atoms with Crippen molar-refractivity contribution in [2.75, 3.05) is 12.3 Å². The molecule has 0 spiro atoms. The molecule has 1 aromatic carbocycles. The predicted molar refractivity (Wildman–Crippen MR) is 62.5 cm³/mol. The van der Waals surface area contributed by atoms with Crippen LogP contribution in [0.1, 0.15) is 10.9 Å². The van der Waals surface area contributed by atoms with E-state index in [0.717, 1.165) is 5.56 Å². The Bertz CT molecular complexity index is 408. The van der Waals surface area contributed by atoms with Crippen LogP contribution in [0.4, 0.5) is 0 Å². The maximum atomic E-state index is 11.6. The number of nitrogens with two attached hydrogens (primary N) is 1. The van der Waals surface area contributed by atoms with E-state index in [9.17, 15) is 9.59 Å². The van der Waals surface area contributed by atoms with Crippen LogP contribution in [-0.4, -0.2) is 29.0 Å². The van der Waals surface area contributed by atoms with E-state index < -0.39 is 5.91 Å². The Morgan fingerprint density at radius 3 is 2.75 bits per heavy atom. The minimum atomic E-state index is -0.475. The number of rotatable bonds is 3. The first kappa shape index (κ1) is 11.0. The molecule has 5 heteroatoms. The predicted octanol–water partition coefficient (Wildman–Crippen LogP) is 0.746. The van der Waals surface area contributed by atoms with Gasteiger partial charge < -0.3 is 10.6 Å². The molecule has 2 N–H and O–H groups in total. The van der Waals surface area contributed by atoms with E-state index in [4.69, 9.17) is 5.73 Å². The number of benzene rings is 1. The van der Waals surface area contributed by atoms with Crippen molar-refractivity contribution >= 4 is 23.6 Å². The van der Waals surface area contributed by atoms with Gasteiger partial charge in [0.15, 0.2) is 0 Å². The third-order valence-electron chi connectivity index (χ3n) is 2.38. The van der Waals surface area contributed by atoms with Gasteiger partial charge in [-0.2, -0.15) is 0 Å². The second-order valence-corrected chi connectivity index (χ2v) is 4.63. The molecule has 0 aromatic heterocycles. The minimum absolute atomic E-state index is 0.00854. The summed E-state index contributed by atoms with van der Waals surface area (Å²) >= 11 is 1.52. The van der Waals surface area contributed by atoms with Crippen LogP contribution in [0.2, 0.25) is 0 Å². The molecule has 1 unspecified atom stereocenters. The van der Waals surface area contributed by atoms with Gasteiger partial charge in [0.05, 0.1) is 5.75 Å². The molecule has 1 atom stereocenters. The second kappa shape index (κ2) is 4.57. The van der Waals surface area contributed by atoms with Crippen LogP contribution < -0.4 is 5.73 Å². The molecule has 84 valence electrons. The fourth-order valence-corrected chi connectivity index (χ4v) is 2.87. The lowest BCUT2D eigenvalue weighted by atomic mass is 10.2. The lowest BCUT2D eigenvalue weighted by molar-refractivity contribution is -0.132. The molecule has 1 saturated heterocycles. The summed E-state index contributed by atoms with van der Waals surface area (Å²) in [6.07, 6.45) is 0. The van der Waals surface area contributed by atoms with E-state index in [2.05, 4.69) is 0 Å². The summed E-state index contributed by atoms with van der Waals surface area (Å²) in [4.78, 5) is 24.0. The van der Waals surface area contributed by atoms with Crippen molar-refractivity contribution in [3.8, 4) is 0 Å². The van der Waals surface area contributed by atoms with Crippen LogP contribution in [0.5, 0.6) is 0 Å². The number of thioether (sulfide) groups is 1. The topological polar surface area (TPSA) is 63.4 Å². The fraction of sp³-hybridized carbons (Fsp3) is 0.273. The van der Waals surface area contributed by atoms with Crippen LogP contribution in [-0.2, 0) is 9.59 Å². The Morgan fingerprint density at radius 1 is 1.44 bits per heavy atom. The maximum absolute atomic E-state index is 11.6. The Balaban J connectivity index is 2.21. The largest absolute Gasteiger partial charge is 0.368 e. The maximum Gasteiger partial charge on any atom is 0.237 e. The highest BCUT2D eigenvalue weighted by molar-refractivity contribution is 8.00. The number of carbonyl (C=O) groups excluding carboxylic acids is 2. The van der Waals surface area contributed by atoms with Gasteiger partial charge in [-0.25, -0.2) is 0 Å². The molecule has 1 aromatic rings. The van der Waals surface area contributed by atoms with E-state index in [1.807, 2.05) is 30.3 Å². The molecule has 2 rings (SSSR count). The minimum Gasteiger partial charge on any atom is -0.368 e. The highest BCUT2D eigenvalue weighted by Crippen LogP contribution is 2.37. The first-order valence-corrected chi connectivity index (χ1v) is 5.97. The number of hydrogen-bond acceptors (Lipinski definition) is 3. The van der Waals surface area contributed by atoms with E-state index >= 15 is 0 Å². The Morgan fingerprint density at radius 2 is 2.12 bits per heavy atom. The molecule has 0 radical (unpaired) electrons. The third-order valence-corrected chi connectivity index (χ3v) is 3.64. The zero-order valence-electron chi connectivity index (χ0n) is 8.63. The number of hydrogen-bond donors (Lipinski definition) is 1. The summed E-state index contributed by atoms with van der Waals surface area (Å²) in [5.74, 6) is -0.0956. The van der Waals surface area contributed by atoms with Crippen LogP contribution in [0.3, 0.4) is 0 Å². The molecule has 1 heterocycles. The van der Waals surface area contributed by atoms with Crippen molar-refractivity contribution < 1.29 is 9.59 Å². The second-order valence-electron chi connectivity index (χ2n) is 3.56. The van der Waals surface area contributed by atoms with Gasteiger partial charge in [0.1, 0.15) is 11.9 Å². The summed E-state index contributed by atoms with van der Waals surface area (Å²) < 4.78 is 0. The third kappa shape index (κ3) is 2.19. The Kier molecular flexibility index (Phi) is 3.14. The van der Waals surface area contributed by atoms with Gasteiger partial charge in [0.25, 0.3) is 0 Å². The number of primary amides is 1. The molecule has 16 heavy (non-hydrogen) atoms. The SMILES string of the molecule is NC(=O)CN1C(=O)CSC1c1ccccc1. The van der Waals surface area contributed by atoms with Crippen LogP contribution >= 0.6 is 11.8 Å². The summed E-state index contributed by atoms with van der Waals surface area (Å²) in [6.45, 7) is -0.00854. The molecule has 1 aliphatic heterocycles. The first-order chi connectivity index (χ1) is 7.68.